The van der Waals surface area contributed by atoms with E-state index in [2.05, 4.69) is 0 Å². The van der Waals surface area contributed by atoms with E-state index in [9.17, 15) is 8.42 Å². The molecular formula is C13H19NO3S. The molecule has 0 unspecified atom stereocenters. The van der Waals surface area contributed by atoms with Crippen LogP contribution in [0.25, 0.3) is 0 Å². The van der Waals surface area contributed by atoms with Crippen LogP contribution in [0.3, 0.4) is 0 Å². The largest absolute Gasteiger partial charge is 0.380 e. The predicted molar refractivity (Wildman–Crippen MR) is 70.9 cm³/mol. The summed E-state index contributed by atoms with van der Waals surface area (Å²) in [6, 6.07) is 9.85. The van der Waals surface area contributed by atoms with E-state index in [4.69, 9.17) is 4.74 Å². The number of methoxy groups -OCH3 is 1. The number of sulfonamides is 1. The molecule has 0 saturated carbocycles. The second-order valence-electron chi connectivity index (χ2n) is 4.69. The fourth-order valence-corrected chi connectivity index (χ4v) is 3.71. The lowest BCUT2D eigenvalue weighted by molar-refractivity contribution is 0.0811. The summed E-state index contributed by atoms with van der Waals surface area (Å²) in [6.07, 6.45) is 2.72. The first-order valence-electron chi connectivity index (χ1n) is 6.06. The molecule has 0 radical (unpaired) electrons. The highest BCUT2D eigenvalue weighted by molar-refractivity contribution is 7.88. The van der Waals surface area contributed by atoms with Gasteiger partial charge in [-0.3, -0.25) is 0 Å². The van der Waals surface area contributed by atoms with Gasteiger partial charge in [0.15, 0.2) is 0 Å². The molecule has 18 heavy (non-hydrogen) atoms. The summed E-state index contributed by atoms with van der Waals surface area (Å²) in [7, 11) is -1.51. The molecule has 0 bridgehead atoms. The molecule has 0 amide bonds. The van der Waals surface area contributed by atoms with E-state index in [0.717, 1.165) is 12.0 Å². The number of benzene rings is 1. The molecule has 0 aromatic heterocycles. The Morgan fingerprint density at radius 1 is 1.33 bits per heavy atom. The van der Waals surface area contributed by atoms with Crippen molar-refractivity contribution < 1.29 is 13.2 Å². The zero-order valence-corrected chi connectivity index (χ0v) is 11.6. The summed E-state index contributed by atoms with van der Waals surface area (Å²) in [4.78, 5) is 0. The molecule has 100 valence electrons. The first-order valence-corrected chi connectivity index (χ1v) is 7.90. The molecule has 1 aromatic carbocycles. The molecule has 0 N–H and O–H groups in total. The second-order valence-corrected chi connectivity index (χ2v) is 6.63. The number of nitrogens with zero attached hydrogens (tertiary/aromatic N) is 1. The molecule has 1 aliphatic rings. The highest BCUT2D eigenvalue weighted by Crippen LogP contribution is 2.26. The standard InChI is InChI=1S/C13H19NO3S/c1-17-13-8-9-14(18(2,15)16)12(13)10-11-6-4-3-5-7-11/h3-7,12-13H,8-10H2,1-2H3/t12-,13+/m0/s1. The van der Waals surface area contributed by atoms with Crippen molar-refractivity contribution in [1.29, 1.82) is 0 Å². The van der Waals surface area contributed by atoms with E-state index in [1.54, 1.807) is 11.4 Å². The minimum absolute atomic E-state index is 0.0140. The fraction of sp³-hybridized carbons (Fsp3) is 0.538. The third-order valence-electron chi connectivity index (χ3n) is 3.45. The SMILES string of the molecule is CO[C@@H]1CCN(S(C)(=O)=O)[C@H]1Cc1ccccc1. The van der Waals surface area contributed by atoms with Crippen molar-refractivity contribution in [2.75, 3.05) is 19.9 Å². The van der Waals surface area contributed by atoms with Gasteiger partial charge in [-0.2, -0.15) is 4.31 Å². The summed E-state index contributed by atoms with van der Waals surface area (Å²) in [5.74, 6) is 0. The van der Waals surface area contributed by atoms with Gasteiger partial charge in [0.1, 0.15) is 0 Å². The van der Waals surface area contributed by atoms with Crippen LogP contribution in [-0.4, -0.2) is 44.8 Å². The maximum atomic E-state index is 11.8. The Morgan fingerprint density at radius 3 is 2.56 bits per heavy atom. The molecule has 0 aliphatic carbocycles. The highest BCUT2D eigenvalue weighted by Gasteiger charge is 2.39. The van der Waals surface area contributed by atoms with Crippen molar-refractivity contribution in [3.63, 3.8) is 0 Å². The van der Waals surface area contributed by atoms with Gasteiger partial charge in [-0.15, -0.1) is 0 Å². The summed E-state index contributed by atoms with van der Waals surface area (Å²) in [5.41, 5.74) is 1.14. The minimum Gasteiger partial charge on any atom is -0.380 e. The summed E-state index contributed by atoms with van der Waals surface area (Å²) < 4.78 is 30.5. The quantitative estimate of drug-likeness (QED) is 0.827. The molecule has 1 fully saturated rings. The molecule has 1 heterocycles. The van der Waals surface area contributed by atoms with E-state index in [1.165, 1.54) is 6.26 Å². The summed E-state index contributed by atoms with van der Waals surface area (Å²) in [6.45, 7) is 0.550. The zero-order chi connectivity index (χ0) is 13.2. The lowest BCUT2D eigenvalue weighted by atomic mass is 10.0. The van der Waals surface area contributed by atoms with Crippen LogP contribution in [0.15, 0.2) is 30.3 Å². The van der Waals surface area contributed by atoms with Crippen LogP contribution in [0.5, 0.6) is 0 Å². The molecule has 4 nitrogen and oxygen atoms in total. The molecule has 1 aromatic rings. The second kappa shape index (κ2) is 5.38. The van der Waals surface area contributed by atoms with Crippen LogP contribution < -0.4 is 0 Å². The summed E-state index contributed by atoms with van der Waals surface area (Å²) >= 11 is 0. The van der Waals surface area contributed by atoms with E-state index in [1.807, 2.05) is 30.3 Å². The van der Waals surface area contributed by atoms with E-state index in [0.29, 0.717) is 13.0 Å². The van der Waals surface area contributed by atoms with Crippen LogP contribution in [-0.2, 0) is 21.2 Å². The number of ether oxygens (including phenoxy) is 1. The van der Waals surface area contributed by atoms with Crippen molar-refractivity contribution in [2.45, 2.75) is 25.0 Å². The molecule has 1 saturated heterocycles. The lowest BCUT2D eigenvalue weighted by Gasteiger charge is -2.25. The molecule has 5 heteroatoms. The highest BCUT2D eigenvalue weighted by atomic mass is 32.2. The third kappa shape index (κ3) is 2.91. The Hall–Kier alpha value is -0.910. The van der Waals surface area contributed by atoms with Gasteiger partial charge in [0.25, 0.3) is 0 Å². The first-order chi connectivity index (χ1) is 8.52. The Balaban J connectivity index is 2.20. The number of rotatable bonds is 4. The van der Waals surface area contributed by atoms with Crippen LogP contribution in [0.2, 0.25) is 0 Å². The normalized spacial score (nSPS) is 25.4. The Labute approximate surface area is 109 Å². The lowest BCUT2D eigenvalue weighted by Crippen LogP contribution is -2.41. The van der Waals surface area contributed by atoms with E-state index in [-0.39, 0.29) is 12.1 Å². The Bertz CT molecular complexity index is 486. The topological polar surface area (TPSA) is 46.6 Å². The van der Waals surface area contributed by atoms with Gasteiger partial charge >= 0.3 is 0 Å². The van der Waals surface area contributed by atoms with Gasteiger partial charge in [0.05, 0.1) is 18.4 Å². The average molecular weight is 269 g/mol. The maximum Gasteiger partial charge on any atom is 0.211 e. The Morgan fingerprint density at radius 2 is 2.00 bits per heavy atom. The summed E-state index contributed by atoms with van der Waals surface area (Å²) in [5, 5.41) is 0. The van der Waals surface area contributed by atoms with Crippen LogP contribution >= 0.6 is 0 Å². The van der Waals surface area contributed by atoms with E-state index >= 15 is 0 Å². The smallest absolute Gasteiger partial charge is 0.211 e. The minimum atomic E-state index is -3.16. The maximum absolute atomic E-state index is 11.8. The van der Waals surface area contributed by atoms with Gasteiger partial charge in [0, 0.05) is 13.7 Å². The van der Waals surface area contributed by atoms with Crippen LogP contribution in [0.1, 0.15) is 12.0 Å². The van der Waals surface area contributed by atoms with Crippen molar-refractivity contribution in [3.05, 3.63) is 35.9 Å². The van der Waals surface area contributed by atoms with Crippen LogP contribution in [0.4, 0.5) is 0 Å². The fourth-order valence-electron chi connectivity index (χ4n) is 2.57. The molecular weight excluding hydrogens is 250 g/mol. The van der Waals surface area contributed by atoms with Crippen LogP contribution in [0, 0.1) is 0 Å². The molecule has 2 atom stereocenters. The van der Waals surface area contributed by atoms with Gasteiger partial charge in [-0.25, -0.2) is 8.42 Å². The van der Waals surface area contributed by atoms with E-state index < -0.39 is 10.0 Å². The third-order valence-corrected chi connectivity index (χ3v) is 4.75. The monoisotopic (exact) mass is 269 g/mol. The predicted octanol–water partition coefficient (Wildman–Crippen LogP) is 1.28. The van der Waals surface area contributed by atoms with Crippen molar-refractivity contribution in [2.24, 2.45) is 0 Å². The van der Waals surface area contributed by atoms with Crippen molar-refractivity contribution in [3.8, 4) is 0 Å². The molecule has 1 aliphatic heterocycles. The molecule has 0 spiro atoms. The number of hydrogen-bond acceptors (Lipinski definition) is 3. The Kier molecular flexibility index (Phi) is 4.04. The molecule has 2 rings (SSSR count). The van der Waals surface area contributed by atoms with Gasteiger partial charge in [0.2, 0.25) is 10.0 Å². The van der Waals surface area contributed by atoms with Gasteiger partial charge in [-0.1, -0.05) is 30.3 Å². The number of hydrogen-bond donors (Lipinski definition) is 0. The van der Waals surface area contributed by atoms with Crippen molar-refractivity contribution >= 4 is 10.0 Å². The first kappa shape index (κ1) is 13.5. The van der Waals surface area contributed by atoms with Gasteiger partial charge < -0.3 is 4.74 Å². The van der Waals surface area contributed by atoms with Gasteiger partial charge in [-0.05, 0) is 18.4 Å². The average Bonchev–Trinajstić information content (AvgIpc) is 2.73. The zero-order valence-electron chi connectivity index (χ0n) is 10.7. The van der Waals surface area contributed by atoms with Crippen molar-refractivity contribution in [1.82, 2.24) is 4.31 Å².